The third kappa shape index (κ3) is 6.75. The predicted molar refractivity (Wildman–Crippen MR) is 117 cm³/mol. The Labute approximate surface area is 180 Å². The van der Waals surface area contributed by atoms with Gasteiger partial charge in [-0.25, -0.2) is 12.8 Å². The van der Waals surface area contributed by atoms with E-state index in [0.29, 0.717) is 0 Å². The second-order valence-electron chi connectivity index (χ2n) is 6.91. The van der Waals surface area contributed by atoms with Crippen molar-refractivity contribution in [2.24, 2.45) is 0 Å². The molecule has 0 aliphatic rings. The van der Waals surface area contributed by atoms with Crippen molar-refractivity contribution in [3.63, 3.8) is 0 Å². The number of rotatable bonds is 8. The predicted octanol–water partition coefficient (Wildman–Crippen LogP) is 3.08. The standard InChI is InChI=1S/C23H21FN2O4S/c24-19-11-13-20(14-12-19)25-21(27)15-31(29,30)16-22(28)26-23(17-7-3-1-4-8-17)18-9-5-2-6-10-18/h1-14,23H,15-16H2,(H,25,27)(H,26,28). The fraction of sp³-hybridized carbons (Fsp3) is 0.130. The van der Waals surface area contributed by atoms with E-state index in [2.05, 4.69) is 10.6 Å². The molecule has 0 aliphatic carbocycles. The Kier molecular flexibility index (Phi) is 7.15. The summed E-state index contributed by atoms with van der Waals surface area (Å²) in [4.78, 5) is 24.6. The van der Waals surface area contributed by atoms with Gasteiger partial charge in [0.1, 0.15) is 17.3 Å². The second kappa shape index (κ2) is 9.99. The molecule has 0 radical (unpaired) electrons. The normalized spacial score (nSPS) is 11.2. The molecule has 0 aromatic heterocycles. The van der Waals surface area contributed by atoms with Gasteiger partial charge in [-0.15, -0.1) is 0 Å². The van der Waals surface area contributed by atoms with Crippen molar-refractivity contribution in [1.82, 2.24) is 5.32 Å². The van der Waals surface area contributed by atoms with Crippen LogP contribution < -0.4 is 10.6 Å². The SMILES string of the molecule is O=C(CS(=O)(=O)CC(=O)NC(c1ccccc1)c1ccccc1)Nc1ccc(F)cc1. The van der Waals surface area contributed by atoms with Gasteiger partial charge in [-0.2, -0.15) is 0 Å². The van der Waals surface area contributed by atoms with E-state index in [4.69, 9.17) is 0 Å². The zero-order valence-electron chi connectivity index (χ0n) is 16.5. The average Bonchev–Trinajstić information content (AvgIpc) is 2.74. The summed E-state index contributed by atoms with van der Waals surface area (Å²) in [7, 11) is -4.02. The van der Waals surface area contributed by atoms with Crippen LogP contribution in [0.5, 0.6) is 0 Å². The first-order chi connectivity index (χ1) is 14.8. The number of halogens is 1. The van der Waals surface area contributed by atoms with Crippen LogP contribution in [0.1, 0.15) is 17.2 Å². The largest absolute Gasteiger partial charge is 0.344 e. The molecule has 3 aromatic carbocycles. The first-order valence-corrected chi connectivity index (χ1v) is 11.3. The second-order valence-corrected chi connectivity index (χ2v) is 8.97. The van der Waals surface area contributed by atoms with Crippen molar-refractivity contribution < 1.29 is 22.4 Å². The van der Waals surface area contributed by atoms with Gasteiger partial charge in [0.05, 0.1) is 6.04 Å². The van der Waals surface area contributed by atoms with Crippen molar-refractivity contribution in [1.29, 1.82) is 0 Å². The van der Waals surface area contributed by atoms with E-state index in [1.54, 1.807) is 0 Å². The van der Waals surface area contributed by atoms with Crippen molar-refractivity contribution in [3.05, 3.63) is 102 Å². The van der Waals surface area contributed by atoms with E-state index in [1.807, 2.05) is 60.7 Å². The zero-order chi connectivity index (χ0) is 22.3. The van der Waals surface area contributed by atoms with Gasteiger partial charge >= 0.3 is 0 Å². The van der Waals surface area contributed by atoms with Crippen LogP contribution in [0.25, 0.3) is 0 Å². The highest BCUT2D eigenvalue weighted by molar-refractivity contribution is 7.92. The Morgan fingerprint density at radius 3 is 1.74 bits per heavy atom. The molecule has 31 heavy (non-hydrogen) atoms. The Balaban J connectivity index is 1.65. The van der Waals surface area contributed by atoms with Gasteiger partial charge in [-0.1, -0.05) is 60.7 Å². The highest BCUT2D eigenvalue weighted by Crippen LogP contribution is 2.21. The van der Waals surface area contributed by atoms with Crippen LogP contribution in [-0.4, -0.2) is 31.7 Å². The van der Waals surface area contributed by atoms with Crippen molar-refractivity contribution in [3.8, 4) is 0 Å². The van der Waals surface area contributed by atoms with E-state index in [9.17, 15) is 22.4 Å². The van der Waals surface area contributed by atoms with Crippen LogP contribution in [0.4, 0.5) is 10.1 Å². The van der Waals surface area contributed by atoms with E-state index in [0.717, 1.165) is 23.3 Å². The average molecular weight is 440 g/mol. The number of anilines is 1. The molecule has 6 nitrogen and oxygen atoms in total. The molecule has 2 N–H and O–H groups in total. The number of carbonyl (C=O) groups excluding carboxylic acids is 2. The molecule has 0 fully saturated rings. The third-order valence-corrected chi connectivity index (χ3v) is 5.81. The van der Waals surface area contributed by atoms with Crippen LogP contribution in [-0.2, 0) is 19.4 Å². The molecule has 8 heteroatoms. The Morgan fingerprint density at radius 1 is 0.742 bits per heavy atom. The molecule has 0 spiro atoms. The number of sulfone groups is 1. The first kappa shape index (κ1) is 22.2. The van der Waals surface area contributed by atoms with Crippen molar-refractivity contribution in [2.75, 3.05) is 16.8 Å². The number of hydrogen-bond donors (Lipinski definition) is 2. The molecule has 0 aliphatic heterocycles. The molecular formula is C23H21FN2O4S. The van der Waals surface area contributed by atoms with Crippen LogP contribution >= 0.6 is 0 Å². The fourth-order valence-electron chi connectivity index (χ4n) is 3.03. The van der Waals surface area contributed by atoms with Crippen LogP contribution in [0.3, 0.4) is 0 Å². The lowest BCUT2D eigenvalue weighted by Crippen LogP contribution is -2.36. The van der Waals surface area contributed by atoms with Gasteiger partial charge < -0.3 is 10.6 Å². The molecule has 160 valence electrons. The highest BCUT2D eigenvalue weighted by atomic mass is 32.2. The molecule has 3 rings (SSSR count). The maximum atomic E-state index is 12.9. The molecule has 0 unspecified atom stereocenters. The summed E-state index contributed by atoms with van der Waals surface area (Å²) >= 11 is 0. The summed E-state index contributed by atoms with van der Waals surface area (Å²) in [5.74, 6) is -3.69. The number of carbonyl (C=O) groups is 2. The van der Waals surface area contributed by atoms with Crippen LogP contribution in [0, 0.1) is 5.82 Å². The molecule has 2 amide bonds. The van der Waals surface area contributed by atoms with Crippen molar-refractivity contribution >= 4 is 27.3 Å². The van der Waals surface area contributed by atoms with Crippen molar-refractivity contribution in [2.45, 2.75) is 6.04 Å². The minimum Gasteiger partial charge on any atom is -0.344 e. The first-order valence-electron chi connectivity index (χ1n) is 9.47. The molecular weight excluding hydrogens is 419 g/mol. The Morgan fingerprint density at radius 2 is 1.23 bits per heavy atom. The lowest BCUT2D eigenvalue weighted by atomic mass is 9.99. The molecule has 3 aromatic rings. The third-order valence-electron chi connectivity index (χ3n) is 4.40. The number of nitrogens with one attached hydrogen (secondary N) is 2. The summed E-state index contributed by atoms with van der Waals surface area (Å²) in [6, 6.07) is 22.7. The minimum atomic E-state index is -4.02. The topological polar surface area (TPSA) is 92.3 Å². The summed E-state index contributed by atoms with van der Waals surface area (Å²) in [5, 5.41) is 5.12. The van der Waals surface area contributed by atoms with Gasteiger partial charge in [0.2, 0.25) is 11.8 Å². The summed E-state index contributed by atoms with van der Waals surface area (Å²) in [6.45, 7) is 0. The molecule has 0 atom stereocenters. The van der Waals surface area contributed by atoms with Crippen LogP contribution in [0.2, 0.25) is 0 Å². The highest BCUT2D eigenvalue weighted by Gasteiger charge is 2.24. The van der Waals surface area contributed by atoms with Gasteiger partial charge in [-0.05, 0) is 35.4 Å². The quantitative estimate of drug-likeness (QED) is 0.563. The lowest BCUT2D eigenvalue weighted by molar-refractivity contribution is -0.119. The maximum absolute atomic E-state index is 12.9. The van der Waals surface area contributed by atoms with Gasteiger partial charge in [0, 0.05) is 5.69 Å². The van der Waals surface area contributed by atoms with E-state index in [-0.39, 0.29) is 5.69 Å². The summed E-state index contributed by atoms with van der Waals surface area (Å²) in [5.41, 5.74) is 1.86. The molecule has 0 heterocycles. The molecule has 0 saturated carbocycles. The zero-order valence-corrected chi connectivity index (χ0v) is 17.3. The number of hydrogen-bond acceptors (Lipinski definition) is 4. The van der Waals surface area contributed by atoms with E-state index < -0.39 is 45.0 Å². The van der Waals surface area contributed by atoms with E-state index >= 15 is 0 Å². The van der Waals surface area contributed by atoms with Crippen LogP contribution in [0.15, 0.2) is 84.9 Å². The maximum Gasteiger partial charge on any atom is 0.239 e. The molecule has 0 bridgehead atoms. The summed E-state index contributed by atoms with van der Waals surface area (Å²) in [6.07, 6.45) is 0. The molecule has 0 saturated heterocycles. The smallest absolute Gasteiger partial charge is 0.239 e. The van der Waals surface area contributed by atoms with Gasteiger partial charge in [-0.3, -0.25) is 9.59 Å². The van der Waals surface area contributed by atoms with E-state index in [1.165, 1.54) is 12.1 Å². The van der Waals surface area contributed by atoms with Gasteiger partial charge in [0.25, 0.3) is 0 Å². The minimum absolute atomic E-state index is 0.263. The lowest BCUT2D eigenvalue weighted by Gasteiger charge is -2.20. The Bertz CT molecular complexity index is 1100. The number of benzene rings is 3. The summed E-state index contributed by atoms with van der Waals surface area (Å²) < 4.78 is 37.7. The fourth-order valence-corrected chi connectivity index (χ4v) is 4.09. The number of amides is 2. The Hall–Kier alpha value is -3.52. The monoisotopic (exact) mass is 440 g/mol. The van der Waals surface area contributed by atoms with Gasteiger partial charge in [0.15, 0.2) is 9.84 Å².